The van der Waals surface area contributed by atoms with Gasteiger partial charge in [0.15, 0.2) is 0 Å². The third kappa shape index (κ3) is 4.15. The summed E-state index contributed by atoms with van der Waals surface area (Å²) >= 11 is 0. The molecular formula is C21H28N2O. The van der Waals surface area contributed by atoms with Gasteiger partial charge in [-0.3, -0.25) is 9.69 Å². The van der Waals surface area contributed by atoms with Crippen LogP contribution >= 0.6 is 0 Å². The molecule has 0 radical (unpaired) electrons. The smallest absolute Gasteiger partial charge is 0.229 e. The summed E-state index contributed by atoms with van der Waals surface area (Å²) in [5.41, 5.74) is 1.86. The Bertz CT molecular complexity index is 724. The van der Waals surface area contributed by atoms with Gasteiger partial charge in [-0.1, -0.05) is 45.4 Å². The van der Waals surface area contributed by atoms with Crippen LogP contribution in [0.4, 0.5) is 5.69 Å². The molecule has 1 fully saturated rings. The second kappa shape index (κ2) is 6.94. The Balaban J connectivity index is 1.74. The summed E-state index contributed by atoms with van der Waals surface area (Å²) in [5.74, 6) is 0.0450. The number of piperidine rings is 1. The van der Waals surface area contributed by atoms with E-state index in [0.29, 0.717) is 0 Å². The highest BCUT2D eigenvalue weighted by Crippen LogP contribution is 2.24. The van der Waals surface area contributed by atoms with Gasteiger partial charge in [-0.15, -0.1) is 0 Å². The molecule has 0 atom stereocenters. The SMILES string of the molecule is CC(C)(C)C(=O)Nc1ccc2cc(CN3CCCCC3)ccc2c1. The molecule has 24 heavy (non-hydrogen) atoms. The average Bonchev–Trinajstić information content (AvgIpc) is 2.55. The van der Waals surface area contributed by atoms with E-state index in [4.69, 9.17) is 0 Å². The van der Waals surface area contributed by atoms with Crippen LogP contribution in [0.2, 0.25) is 0 Å². The molecule has 0 saturated carbocycles. The van der Waals surface area contributed by atoms with Crippen LogP contribution < -0.4 is 5.32 Å². The van der Waals surface area contributed by atoms with E-state index in [1.807, 2.05) is 26.8 Å². The fourth-order valence-corrected chi connectivity index (χ4v) is 3.17. The fourth-order valence-electron chi connectivity index (χ4n) is 3.17. The molecule has 1 saturated heterocycles. The number of hydrogen-bond acceptors (Lipinski definition) is 2. The van der Waals surface area contributed by atoms with E-state index in [0.717, 1.165) is 12.2 Å². The van der Waals surface area contributed by atoms with E-state index in [2.05, 4.69) is 40.5 Å². The summed E-state index contributed by atoms with van der Waals surface area (Å²) in [7, 11) is 0. The van der Waals surface area contributed by atoms with Crippen molar-refractivity contribution in [2.24, 2.45) is 5.41 Å². The Kier molecular flexibility index (Phi) is 4.91. The number of nitrogens with one attached hydrogen (secondary N) is 1. The Hall–Kier alpha value is -1.87. The lowest BCUT2D eigenvalue weighted by Gasteiger charge is -2.26. The van der Waals surface area contributed by atoms with Crippen LogP contribution in [0.1, 0.15) is 45.6 Å². The molecule has 0 aliphatic carbocycles. The largest absolute Gasteiger partial charge is 0.326 e. The van der Waals surface area contributed by atoms with Crippen molar-refractivity contribution in [3.63, 3.8) is 0 Å². The number of likely N-dealkylation sites (tertiary alicyclic amines) is 1. The first-order valence-electron chi connectivity index (χ1n) is 8.98. The second-order valence-electron chi connectivity index (χ2n) is 7.94. The summed E-state index contributed by atoms with van der Waals surface area (Å²) in [4.78, 5) is 14.7. The molecule has 3 rings (SSSR count). The third-order valence-corrected chi connectivity index (χ3v) is 4.70. The Morgan fingerprint density at radius 3 is 2.38 bits per heavy atom. The molecule has 1 aliphatic rings. The van der Waals surface area contributed by atoms with Gasteiger partial charge in [0.2, 0.25) is 5.91 Å². The predicted molar refractivity (Wildman–Crippen MR) is 101 cm³/mol. The van der Waals surface area contributed by atoms with E-state index in [1.165, 1.54) is 48.7 Å². The van der Waals surface area contributed by atoms with Crippen LogP contribution in [-0.2, 0) is 11.3 Å². The van der Waals surface area contributed by atoms with E-state index in [-0.39, 0.29) is 11.3 Å². The topological polar surface area (TPSA) is 32.3 Å². The number of nitrogens with zero attached hydrogens (tertiary/aromatic N) is 1. The molecule has 1 heterocycles. The lowest BCUT2D eigenvalue weighted by Crippen LogP contribution is -2.29. The van der Waals surface area contributed by atoms with Gasteiger partial charge in [0, 0.05) is 17.6 Å². The van der Waals surface area contributed by atoms with Gasteiger partial charge in [-0.25, -0.2) is 0 Å². The molecule has 3 heteroatoms. The zero-order chi connectivity index (χ0) is 17.2. The number of fused-ring (bicyclic) bond motifs is 1. The second-order valence-corrected chi connectivity index (χ2v) is 7.94. The van der Waals surface area contributed by atoms with Gasteiger partial charge in [0.25, 0.3) is 0 Å². The molecule has 0 bridgehead atoms. The molecule has 2 aromatic carbocycles. The van der Waals surface area contributed by atoms with Crippen molar-refractivity contribution < 1.29 is 4.79 Å². The van der Waals surface area contributed by atoms with Crippen molar-refractivity contribution in [1.82, 2.24) is 4.90 Å². The summed E-state index contributed by atoms with van der Waals surface area (Å²) in [6.45, 7) is 9.26. The first-order chi connectivity index (χ1) is 11.4. The van der Waals surface area contributed by atoms with Crippen molar-refractivity contribution in [1.29, 1.82) is 0 Å². The third-order valence-electron chi connectivity index (χ3n) is 4.70. The van der Waals surface area contributed by atoms with Gasteiger partial charge in [-0.05, 0) is 60.5 Å². The minimum atomic E-state index is -0.382. The lowest BCUT2D eigenvalue weighted by atomic mass is 9.95. The number of carbonyl (C=O) groups is 1. The summed E-state index contributed by atoms with van der Waals surface area (Å²) < 4.78 is 0. The van der Waals surface area contributed by atoms with Crippen molar-refractivity contribution in [2.45, 2.75) is 46.6 Å². The summed E-state index contributed by atoms with van der Waals surface area (Å²) in [6, 6.07) is 12.8. The first-order valence-corrected chi connectivity index (χ1v) is 8.98. The summed E-state index contributed by atoms with van der Waals surface area (Å²) in [6.07, 6.45) is 4.02. The molecular weight excluding hydrogens is 296 g/mol. The quantitative estimate of drug-likeness (QED) is 0.878. The minimum absolute atomic E-state index is 0.0450. The minimum Gasteiger partial charge on any atom is -0.326 e. The first kappa shape index (κ1) is 17.0. The number of rotatable bonds is 3. The van der Waals surface area contributed by atoms with Gasteiger partial charge in [-0.2, -0.15) is 0 Å². The highest BCUT2D eigenvalue weighted by atomic mass is 16.2. The van der Waals surface area contributed by atoms with Crippen LogP contribution in [0.3, 0.4) is 0 Å². The molecule has 1 N–H and O–H groups in total. The molecule has 0 spiro atoms. The highest BCUT2D eigenvalue weighted by Gasteiger charge is 2.21. The Labute approximate surface area is 145 Å². The van der Waals surface area contributed by atoms with Crippen LogP contribution in [0, 0.1) is 5.41 Å². The van der Waals surface area contributed by atoms with Crippen LogP contribution in [-0.4, -0.2) is 23.9 Å². The molecule has 1 amide bonds. The number of hydrogen-bond donors (Lipinski definition) is 1. The molecule has 2 aromatic rings. The number of carbonyl (C=O) groups excluding carboxylic acids is 1. The normalized spacial score (nSPS) is 16.3. The standard InChI is InChI=1S/C21H28N2O/c1-21(2,3)20(24)22-19-10-9-17-13-16(7-8-18(17)14-19)15-23-11-5-4-6-12-23/h7-10,13-14H,4-6,11-12,15H2,1-3H3,(H,22,24). The molecule has 0 aromatic heterocycles. The number of anilines is 1. The van der Waals surface area contributed by atoms with E-state index in [1.54, 1.807) is 0 Å². The Morgan fingerprint density at radius 1 is 1.00 bits per heavy atom. The van der Waals surface area contributed by atoms with Crippen molar-refractivity contribution in [2.75, 3.05) is 18.4 Å². The summed E-state index contributed by atoms with van der Waals surface area (Å²) in [5, 5.41) is 5.41. The molecule has 0 unspecified atom stereocenters. The van der Waals surface area contributed by atoms with Crippen LogP contribution in [0.15, 0.2) is 36.4 Å². The molecule has 1 aliphatic heterocycles. The van der Waals surface area contributed by atoms with Gasteiger partial charge in [0.05, 0.1) is 0 Å². The van der Waals surface area contributed by atoms with Crippen molar-refractivity contribution in [3.8, 4) is 0 Å². The van der Waals surface area contributed by atoms with E-state index in [9.17, 15) is 4.79 Å². The van der Waals surface area contributed by atoms with E-state index < -0.39 is 0 Å². The predicted octanol–water partition coefficient (Wildman–Crippen LogP) is 4.81. The Morgan fingerprint density at radius 2 is 1.67 bits per heavy atom. The lowest BCUT2D eigenvalue weighted by molar-refractivity contribution is -0.123. The number of benzene rings is 2. The van der Waals surface area contributed by atoms with Crippen LogP contribution in [0.5, 0.6) is 0 Å². The van der Waals surface area contributed by atoms with Gasteiger partial charge >= 0.3 is 0 Å². The maximum absolute atomic E-state index is 12.1. The highest BCUT2D eigenvalue weighted by molar-refractivity contribution is 5.97. The fraction of sp³-hybridized carbons (Fsp3) is 0.476. The maximum Gasteiger partial charge on any atom is 0.229 e. The van der Waals surface area contributed by atoms with Gasteiger partial charge < -0.3 is 5.32 Å². The van der Waals surface area contributed by atoms with Crippen molar-refractivity contribution in [3.05, 3.63) is 42.0 Å². The number of amides is 1. The average molecular weight is 324 g/mol. The zero-order valence-corrected chi connectivity index (χ0v) is 15.1. The monoisotopic (exact) mass is 324 g/mol. The van der Waals surface area contributed by atoms with Gasteiger partial charge in [0.1, 0.15) is 0 Å². The molecule has 128 valence electrons. The molecule has 3 nitrogen and oxygen atoms in total. The zero-order valence-electron chi connectivity index (χ0n) is 15.1. The van der Waals surface area contributed by atoms with E-state index >= 15 is 0 Å². The van der Waals surface area contributed by atoms with Crippen LogP contribution in [0.25, 0.3) is 10.8 Å². The maximum atomic E-state index is 12.1. The van der Waals surface area contributed by atoms with Crippen molar-refractivity contribution >= 4 is 22.4 Å².